The van der Waals surface area contributed by atoms with Gasteiger partial charge >= 0.3 is 5.97 Å². The number of aryl methyl sites for hydroxylation is 1. The number of hydrogen-bond acceptors (Lipinski definition) is 3. The summed E-state index contributed by atoms with van der Waals surface area (Å²) in [5, 5.41) is 16.6. The highest BCUT2D eigenvalue weighted by Crippen LogP contribution is 2.13. The minimum atomic E-state index is -0.934. The van der Waals surface area contributed by atoms with Gasteiger partial charge in [-0.3, -0.25) is 0 Å². The molecular weight excluding hydrogens is 182 g/mol. The lowest BCUT2D eigenvalue weighted by molar-refractivity contribution is 0.0697. The van der Waals surface area contributed by atoms with E-state index in [1.807, 2.05) is 6.92 Å². The Bertz CT molecular complexity index is 490. The van der Waals surface area contributed by atoms with Crippen molar-refractivity contribution in [1.82, 2.24) is 15.0 Å². The first-order chi connectivity index (χ1) is 6.72. The van der Waals surface area contributed by atoms with Gasteiger partial charge in [-0.1, -0.05) is 5.21 Å². The van der Waals surface area contributed by atoms with Crippen LogP contribution in [0, 0.1) is 0 Å². The molecule has 0 saturated heterocycles. The van der Waals surface area contributed by atoms with Crippen molar-refractivity contribution in [2.75, 3.05) is 0 Å². The van der Waals surface area contributed by atoms with Gasteiger partial charge in [-0.05, 0) is 25.1 Å². The highest BCUT2D eigenvalue weighted by Gasteiger charge is 2.07. The molecule has 0 aliphatic carbocycles. The number of carboxylic acids is 1. The van der Waals surface area contributed by atoms with Crippen molar-refractivity contribution in [3.63, 3.8) is 0 Å². The lowest BCUT2D eigenvalue weighted by Crippen LogP contribution is -1.99. The van der Waals surface area contributed by atoms with Crippen LogP contribution in [0.2, 0.25) is 0 Å². The summed E-state index contributed by atoms with van der Waals surface area (Å²) in [6, 6.07) is 4.78. The molecule has 1 heterocycles. The van der Waals surface area contributed by atoms with Crippen LogP contribution in [-0.4, -0.2) is 26.1 Å². The van der Waals surface area contributed by atoms with Gasteiger partial charge in [-0.2, -0.15) is 0 Å². The van der Waals surface area contributed by atoms with E-state index in [9.17, 15) is 4.79 Å². The normalized spacial score (nSPS) is 10.6. The van der Waals surface area contributed by atoms with Crippen LogP contribution in [0.25, 0.3) is 11.0 Å². The van der Waals surface area contributed by atoms with Gasteiger partial charge in [-0.15, -0.1) is 5.10 Å². The summed E-state index contributed by atoms with van der Waals surface area (Å²) in [6.07, 6.45) is 0. The predicted octanol–water partition coefficient (Wildman–Crippen LogP) is 1.15. The van der Waals surface area contributed by atoms with E-state index in [1.165, 1.54) is 6.07 Å². The maximum absolute atomic E-state index is 10.7. The van der Waals surface area contributed by atoms with E-state index >= 15 is 0 Å². The van der Waals surface area contributed by atoms with Crippen LogP contribution >= 0.6 is 0 Å². The van der Waals surface area contributed by atoms with Gasteiger partial charge in [0.05, 0.1) is 11.1 Å². The smallest absolute Gasteiger partial charge is 0.335 e. The van der Waals surface area contributed by atoms with Gasteiger partial charge in [-0.25, -0.2) is 9.48 Å². The van der Waals surface area contributed by atoms with E-state index in [-0.39, 0.29) is 5.56 Å². The molecule has 0 unspecified atom stereocenters. The van der Waals surface area contributed by atoms with Crippen LogP contribution < -0.4 is 0 Å². The van der Waals surface area contributed by atoms with Gasteiger partial charge in [0.2, 0.25) is 0 Å². The van der Waals surface area contributed by atoms with Gasteiger partial charge in [0.15, 0.2) is 0 Å². The molecule has 1 N–H and O–H groups in total. The standard InChI is InChI=1S/C9H9N3O2/c1-2-12-8-5-6(9(13)14)3-4-7(8)10-11-12/h3-5H,2H2,1H3,(H,13,14). The second-order valence-electron chi connectivity index (χ2n) is 2.91. The number of carboxylic acid groups (broad SMARTS) is 1. The predicted molar refractivity (Wildman–Crippen MR) is 50.2 cm³/mol. The molecule has 14 heavy (non-hydrogen) atoms. The molecule has 1 aromatic heterocycles. The van der Waals surface area contributed by atoms with Gasteiger partial charge < -0.3 is 5.11 Å². The molecule has 0 fully saturated rings. The Labute approximate surface area is 80.0 Å². The van der Waals surface area contributed by atoms with E-state index in [1.54, 1.807) is 16.8 Å². The number of aromatic carboxylic acids is 1. The summed E-state index contributed by atoms with van der Waals surface area (Å²) < 4.78 is 1.67. The van der Waals surface area contributed by atoms with Crippen LogP contribution in [0.3, 0.4) is 0 Å². The van der Waals surface area contributed by atoms with E-state index < -0.39 is 5.97 Å². The zero-order valence-corrected chi connectivity index (χ0v) is 7.64. The highest BCUT2D eigenvalue weighted by molar-refractivity contribution is 5.92. The third kappa shape index (κ3) is 1.22. The lowest BCUT2D eigenvalue weighted by atomic mass is 10.2. The maximum Gasteiger partial charge on any atom is 0.335 e. The van der Waals surface area contributed by atoms with Crippen molar-refractivity contribution in [2.24, 2.45) is 0 Å². The molecule has 0 aliphatic rings. The van der Waals surface area contributed by atoms with E-state index in [4.69, 9.17) is 5.11 Å². The summed E-state index contributed by atoms with van der Waals surface area (Å²) in [5.74, 6) is -0.934. The Hall–Kier alpha value is -1.91. The van der Waals surface area contributed by atoms with E-state index in [0.29, 0.717) is 6.54 Å². The second kappa shape index (κ2) is 3.10. The number of carbonyl (C=O) groups is 1. The van der Waals surface area contributed by atoms with Crippen LogP contribution in [0.1, 0.15) is 17.3 Å². The first-order valence-electron chi connectivity index (χ1n) is 4.29. The Morgan fingerprint density at radius 2 is 2.36 bits per heavy atom. The van der Waals surface area contributed by atoms with Crippen LogP contribution in [-0.2, 0) is 6.54 Å². The summed E-state index contributed by atoms with van der Waals surface area (Å²) >= 11 is 0. The third-order valence-corrected chi connectivity index (χ3v) is 2.06. The van der Waals surface area contributed by atoms with Crippen molar-refractivity contribution in [1.29, 1.82) is 0 Å². The summed E-state index contributed by atoms with van der Waals surface area (Å²) in [7, 11) is 0. The number of hydrogen-bond donors (Lipinski definition) is 1. The number of fused-ring (bicyclic) bond motifs is 1. The molecule has 2 aromatic rings. The minimum absolute atomic E-state index is 0.259. The monoisotopic (exact) mass is 191 g/mol. The molecule has 5 nitrogen and oxygen atoms in total. The number of aromatic nitrogens is 3. The van der Waals surface area contributed by atoms with Gasteiger partial charge in [0.1, 0.15) is 5.52 Å². The molecule has 0 bridgehead atoms. The van der Waals surface area contributed by atoms with Crippen molar-refractivity contribution in [3.8, 4) is 0 Å². The molecule has 5 heteroatoms. The fourth-order valence-corrected chi connectivity index (χ4v) is 1.33. The molecule has 0 amide bonds. The molecule has 0 aliphatic heterocycles. The molecule has 0 radical (unpaired) electrons. The highest BCUT2D eigenvalue weighted by atomic mass is 16.4. The number of rotatable bonds is 2. The van der Waals surface area contributed by atoms with Crippen molar-refractivity contribution in [2.45, 2.75) is 13.5 Å². The Morgan fingerprint density at radius 3 is 3.00 bits per heavy atom. The van der Waals surface area contributed by atoms with Crippen LogP contribution in [0.15, 0.2) is 18.2 Å². The van der Waals surface area contributed by atoms with E-state index in [0.717, 1.165) is 11.0 Å². The quantitative estimate of drug-likeness (QED) is 0.773. The van der Waals surface area contributed by atoms with E-state index in [2.05, 4.69) is 10.3 Å². The second-order valence-corrected chi connectivity index (χ2v) is 2.91. The minimum Gasteiger partial charge on any atom is -0.478 e. The SMILES string of the molecule is CCn1nnc2ccc(C(=O)O)cc21. The number of nitrogens with zero attached hydrogens (tertiary/aromatic N) is 3. The Balaban J connectivity index is 2.67. The molecule has 2 rings (SSSR count). The zero-order valence-electron chi connectivity index (χ0n) is 7.64. The topological polar surface area (TPSA) is 68.0 Å². The summed E-state index contributed by atoms with van der Waals surface area (Å²) in [5.41, 5.74) is 1.73. The molecule has 1 aromatic carbocycles. The van der Waals surface area contributed by atoms with Crippen molar-refractivity contribution in [3.05, 3.63) is 23.8 Å². The molecule has 72 valence electrons. The van der Waals surface area contributed by atoms with Gasteiger partial charge in [0.25, 0.3) is 0 Å². The molecule has 0 saturated carbocycles. The molecule has 0 atom stereocenters. The Kier molecular flexibility index (Phi) is 1.92. The third-order valence-electron chi connectivity index (χ3n) is 2.06. The fraction of sp³-hybridized carbons (Fsp3) is 0.222. The zero-order chi connectivity index (χ0) is 10.1. The maximum atomic E-state index is 10.7. The van der Waals surface area contributed by atoms with Crippen LogP contribution in [0.5, 0.6) is 0 Å². The largest absolute Gasteiger partial charge is 0.478 e. The van der Waals surface area contributed by atoms with Crippen LogP contribution in [0.4, 0.5) is 0 Å². The average Bonchev–Trinajstić information content (AvgIpc) is 2.59. The van der Waals surface area contributed by atoms with Gasteiger partial charge in [0, 0.05) is 6.54 Å². The average molecular weight is 191 g/mol. The first-order valence-corrected chi connectivity index (χ1v) is 4.29. The first kappa shape index (κ1) is 8.68. The fourth-order valence-electron chi connectivity index (χ4n) is 1.33. The summed E-state index contributed by atoms with van der Waals surface area (Å²) in [4.78, 5) is 10.7. The summed E-state index contributed by atoms with van der Waals surface area (Å²) in [6.45, 7) is 2.61. The molecule has 0 spiro atoms. The lowest BCUT2D eigenvalue weighted by Gasteiger charge is -1.97. The van der Waals surface area contributed by atoms with Crippen molar-refractivity contribution >= 4 is 17.0 Å². The molecular formula is C9H9N3O2. The Morgan fingerprint density at radius 1 is 1.57 bits per heavy atom. The number of benzene rings is 1. The van der Waals surface area contributed by atoms with Crippen molar-refractivity contribution < 1.29 is 9.90 Å².